The molecule has 2 amide bonds. The molecule has 3 aromatic rings. The van der Waals surface area contributed by atoms with Gasteiger partial charge in [-0.1, -0.05) is 66.7 Å². The van der Waals surface area contributed by atoms with Crippen LogP contribution in [0.5, 0.6) is 0 Å². The number of rotatable bonds is 7. The van der Waals surface area contributed by atoms with Crippen LogP contribution in [0.25, 0.3) is 0 Å². The monoisotopic (exact) mass is 359 g/mol. The SMILES string of the molecule is O=C(CC(NC(=O)c1ccccc1)c1ccccc1)NNc1ccccc1. The predicted molar refractivity (Wildman–Crippen MR) is 106 cm³/mol. The van der Waals surface area contributed by atoms with E-state index >= 15 is 0 Å². The van der Waals surface area contributed by atoms with E-state index in [4.69, 9.17) is 0 Å². The summed E-state index contributed by atoms with van der Waals surface area (Å²) in [5.74, 6) is -0.436. The molecule has 3 aromatic carbocycles. The van der Waals surface area contributed by atoms with E-state index in [2.05, 4.69) is 16.2 Å². The van der Waals surface area contributed by atoms with Crippen molar-refractivity contribution in [1.29, 1.82) is 0 Å². The van der Waals surface area contributed by atoms with Crippen LogP contribution in [0.4, 0.5) is 5.69 Å². The van der Waals surface area contributed by atoms with Crippen molar-refractivity contribution in [2.24, 2.45) is 0 Å². The number of para-hydroxylation sites is 1. The quantitative estimate of drug-likeness (QED) is 0.564. The molecule has 5 heteroatoms. The fraction of sp³-hybridized carbons (Fsp3) is 0.0909. The molecular formula is C22H21N3O2. The number of anilines is 1. The number of amides is 2. The van der Waals surface area contributed by atoms with Crippen LogP contribution in [-0.2, 0) is 4.79 Å². The number of hydrogen-bond acceptors (Lipinski definition) is 3. The molecule has 3 N–H and O–H groups in total. The number of carbonyl (C=O) groups excluding carboxylic acids is 2. The van der Waals surface area contributed by atoms with Crippen molar-refractivity contribution in [1.82, 2.24) is 10.7 Å². The number of hydrazine groups is 1. The molecule has 27 heavy (non-hydrogen) atoms. The van der Waals surface area contributed by atoms with Gasteiger partial charge in [-0.25, -0.2) is 0 Å². The smallest absolute Gasteiger partial charge is 0.251 e. The zero-order valence-electron chi connectivity index (χ0n) is 14.8. The zero-order chi connectivity index (χ0) is 18.9. The standard InChI is InChI=1S/C22H21N3O2/c26-21(25-24-19-14-8-3-9-15-19)16-20(17-10-4-1-5-11-17)23-22(27)18-12-6-2-7-13-18/h1-15,20,24H,16H2,(H,23,27)(H,25,26). The van der Waals surface area contributed by atoms with Gasteiger partial charge in [0.1, 0.15) is 0 Å². The molecule has 0 aromatic heterocycles. The van der Waals surface area contributed by atoms with E-state index in [1.807, 2.05) is 78.9 Å². The first kappa shape index (κ1) is 18.2. The number of carbonyl (C=O) groups is 2. The van der Waals surface area contributed by atoms with Gasteiger partial charge in [-0.2, -0.15) is 0 Å². The third-order valence-corrected chi connectivity index (χ3v) is 4.05. The lowest BCUT2D eigenvalue weighted by Gasteiger charge is -2.19. The summed E-state index contributed by atoms with van der Waals surface area (Å²) < 4.78 is 0. The lowest BCUT2D eigenvalue weighted by atomic mass is 10.0. The highest BCUT2D eigenvalue weighted by Gasteiger charge is 2.19. The molecule has 3 rings (SSSR count). The van der Waals surface area contributed by atoms with Gasteiger partial charge in [0.15, 0.2) is 0 Å². The second-order valence-electron chi connectivity index (χ2n) is 6.05. The highest BCUT2D eigenvalue weighted by Crippen LogP contribution is 2.17. The summed E-state index contributed by atoms with van der Waals surface area (Å²) in [6, 6.07) is 27.4. The van der Waals surface area contributed by atoms with Crippen molar-refractivity contribution < 1.29 is 9.59 Å². The molecule has 0 saturated carbocycles. The summed E-state index contributed by atoms with van der Waals surface area (Å²) in [6.45, 7) is 0. The summed E-state index contributed by atoms with van der Waals surface area (Å²) >= 11 is 0. The Labute approximate surface area is 158 Å². The minimum absolute atomic E-state index is 0.114. The Morgan fingerprint density at radius 3 is 1.93 bits per heavy atom. The first-order chi connectivity index (χ1) is 13.2. The Balaban J connectivity index is 1.67. The molecule has 0 aliphatic heterocycles. The first-order valence-corrected chi connectivity index (χ1v) is 8.73. The van der Waals surface area contributed by atoms with Crippen molar-refractivity contribution in [2.45, 2.75) is 12.5 Å². The van der Waals surface area contributed by atoms with E-state index < -0.39 is 6.04 Å². The Morgan fingerprint density at radius 2 is 1.30 bits per heavy atom. The molecule has 5 nitrogen and oxygen atoms in total. The molecule has 136 valence electrons. The van der Waals surface area contributed by atoms with Crippen molar-refractivity contribution in [2.75, 3.05) is 5.43 Å². The second-order valence-corrected chi connectivity index (χ2v) is 6.05. The lowest BCUT2D eigenvalue weighted by Crippen LogP contribution is -2.35. The van der Waals surface area contributed by atoms with Gasteiger partial charge in [-0.15, -0.1) is 0 Å². The molecule has 0 radical (unpaired) electrons. The summed E-state index contributed by atoms with van der Waals surface area (Å²) in [5.41, 5.74) is 7.76. The van der Waals surface area contributed by atoms with Gasteiger partial charge >= 0.3 is 0 Å². The van der Waals surface area contributed by atoms with Gasteiger partial charge in [-0.3, -0.25) is 20.4 Å². The van der Waals surface area contributed by atoms with E-state index in [0.29, 0.717) is 5.56 Å². The van der Waals surface area contributed by atoms with Gasteiger partial charge in [0.05, 0.1) is 18.2 Å². The van der Waals surface area contributed by atoms with Crippen molar-refractivity contribution in [3.05, 3.63) is 102 Å². The fourth-order valence-corrected chi connectivity index (χ4v) is 2.67. The van der Waals surface area contributed by atoms with Crippen molar-refractivity contribution in [3.63, 3.8) is 0 Å². The van der Waals surface area contributed by atoms with Crippen LogP contribution >= 0.6 is 0 Å². The van der Waals surface area contributed by atoms with Crippen LogP contribution in [0.15, 0.2) is 91.0 Å². The maximum atomic E-state index is 12.5. The van der Waals surface area contributed by atoms with E-state index in [-0.39, 0.29) is 18.2 Å². The largest absolute Gasteiger partial charge is 0.345 e. The normalized spacial score (nSPS) is 11.3. The lowest BCUT2D eigenvalue weighted by molar-refractivity contribution is -0.121. The molecule has 0 spiro atoms. The molecule has 1 unspecified atom stereocenters. The molecule has 1 atom stereocenters. The third kappa shape index (κ3) is 5.44. The van der Waals surface area contributed by atoms with Crippen LogP contribution in [0.1, 0.15) is 28.4 Å². The minimum atomic E-state index is -0.434. The van der Waals surface area contributed by atoms with E-state index in [1.165, 1.54) is 0 Å². The zero-order valence-corrected chi connectivity index (χ0v) is 14.8. The summed E-state index contributed by atoms with van der Waals surface area (Å²) in [5, 5.41) is 2.95. The number of hydrogen-bond donors (Lipinski definition) is 3. The second kappa shape index (κ2) is 9.20. The molecule has 0 bridgehead atoms. The van der Waals surface area contributed by atoms with Crippen LogP contribution in [-0.4, -0.2) is 11.8 Å². The van der Waals surface area contributed by atoms with Gasteiger partial charge in [0, 0.05) is 5.56 Å². The topological polar surface area (TPSA) is 70.2 Å². The summed E-state index contributed by atoms with van der Waals surface area (Å²) in [4.78, 5) is 24.9. The summed E-state index contributed by atoms with van der Waals surface area (Å²) in [6.07, 6.45) is 0.114. The molecule has 0 aliphatic rings. The maximum Gasteiger partial charge on any atom is 0.251 e. The van der Waals surface area contributed by atoms with Gasteiger partial charge in [0.2, 0.25) is 5.91 Å². The average molecular weight is 359 g/mol. The van der Waals surface area contributed by atoms with Crippen molar-refractivity contribution in [3.8, 4) is 0 Å². The Morgan fingerprint density at radius 1 is 0.741 bits per heavy atom. The average Bonchev–Trinajstić information content (AvgIpc) is 2.74. The maximum absolute atomic E-state index is 12.5. The third-order valence-electron chi connectivity index (χ3n) is 4.05. The van der Waals surface area contributed by atoms with Gasteiger partial charge < -0.3 is 5.32 Å². The Kier molecular flexibility index (Phi) is 6.20. The highest BCUT2D eigenvalue weighted by atomic mass is 16.2. The van der Waals surface area contributed by atoms with Crippen LogP contribution < -0.4 is 16.2 Å². The molecular weight excluding hydrogens is 338 g/mol. The fourth-order valence-electron chi connectivity index (χ4n) is 2.67. The number of benzene rings is 3. The molecule has 0 heterocycles. The van der Waals surface area contributed by atoms with Crippen molar-refractivity contribution >= 4 is 17.5 Å². The Bertz CT molecular complexity index is 868. The van der Waals surface area contributed by atoms with Crippen LogP contribution in [0, 0.1) is 0 Å². The summed E-state index contributed by atoms with van der Waals surface area (Å²) in [7, 11) is 0. The molecule has 0 aliphatic carbocycles. The van der Waals surface area contributed by atoms with Crippen LogP contribution in [0.3, 0.4) is 0 Å². The van der Waals surface area contributed by atoms with E-state index in [9.17, 15) is 9.59 Å². The van der Waals surface area contributed by atoms with Gasteiger partial charge in [-0.05, 0) is 29.8 Å². The van der Waals surface area contributed by atoms with E-state index in [1.54, 1.807) is 12.1 Å². The van der Waals surface area contributed by atoms with Gasteiger partial charge in [0.25, 0.3) is 5.91 Å². The van der Waals surface area contributed by atoms with E-state index in [0.717, 1.165) is 11.3 Å². The molecule has 0 saturated heterocycles. The Hall–Kier alpha value is -3.60. The number of nitrogens with one attached hydrogen (secondary N) is 3. The molecule has 0 fully saturated rings. The minimum Gasteiger partial charge on any atom is -0.345 e. The van der Waals surface area contributed by atoms with Crippen LogP contribution in [0.2, 0.25) is 0 Å². The predicted octanol–water partition coefficient (Wildman–Crippen LogP) is 3.69. The first-order valence-electron chi connectivity index (χ1n) is 8.73. The highest BCUT2D eigenvalue weighted by molar-refractivity contribution is 5.94.